The van der Waals surface area contributed by atoms with Gasteiger partial charge in [-0.2, -0.15) is 18.6 Å². The second-order valence-electron chi connectivity index (χ2n) is 13.7. The van der Waals surface area contributed by atoms with E-state index < -0.39 is 58.6 Å². The van der Waals surface area contributed by atoms with Gasteiger partial charge in [0.15, 0.2) is 0 Å². The molecule has 1 N–H and O–H groups in total. The number of azo groups is 1. The van der Waals surface area contributed by atoms with E-state index in [1.54, 1.807) is 12.1 Å². The summed E-state index contributed by atoms with van der Waals surface area (Å²) >= 11 is 5.77. The Kier molecular flexibility index (Phi) is 15.1. The smallest absolute Gasteiger partial charge is 0.871 e. The van der Waals surface area contributed by atoms with Gasteiger partial charge < -0.3 is 34.0 Å². The maximum absolute atomic E-state index is 12.3. The topological polar surface area (TPSA) is 242 Å². The third kappa shape index (κ3) is 10.4. The van der Waals surface area contributed by atoms with Crippen LogP contribution in [0.5, 0.6) is 11.5 Å². The minimum Gasteiger partial charge on any atom is -0.871 e. The molecule has 0 atom stereocenters. The number of fused-ring (bicyclic) bond motifs is 3. The molecule has 15 nitrogen and oxygen atoms in total. The molecule has 1 aliphatic heterocycles. The van der Waals surface area contributed by atoms with Crippen LogP contribution in [0, 0.1) is 0 Å². The number of halogens is 1. The van der Waals surface area contributed by atoms with E-state index in [1.807, 2.05) is 24.3 Å². The quantitative estimate of drug-likeness (QED) is 0.0639. The first kappa shape index (κ1) is 48.2. The van der Waals surface area contributed by atoms with Gasteiger partial charge in [-0.25, -0.2) is 13.0 Å². The number of anilines is 1. The van der Waals surface area contributed by atoms with Crippen LogP contribution in [0.2, 0.25) is 5.02 Å². The Hall–Kier alpha value is -5.84. The van der Waals surface area contributed by atoms with E-state index >= 15 is 0 Å². The van der Waals surface area contributed by atoms with Gasteiger partial charge in [-0.1, -0.05) is 65.6 Å². The van der Waals surface area contributed by atoms with Crippen molar-refractivity contribution in [2.75, 3.05) is 31.1 Å². The van der Waals surface area contributed by atoms with Gasteiger partial charge >= 0.3 is 17.4 Å². The van der Waals surface area contributed by atoms with E-state index in [-0.39, 0.29) is 39.0 Å². The van der Waals surface area contributed by atoms with Crippen LogP contribution in [0.3, 0.4) is 0 Å². The Bertz CT molecular complexity index is 3170. The molecule has 0 saturated carbocycles. The Balaban J connectivity index is 0.000000236. The van der Waals surface area contributed by atoms with Crippen molar-refractivity contribution < 1.29 is 67.8 Å². The van der Waals surface area contributed by atoms with Crippen molar-refractivity contribution in [2.24, 2.45) is 10.2 Å². The zero-order chi connectivity index (χ0) is 45.1. The van der Waals surface area contributed by atoms with E-state index in [1.165, 1.54) is 6.07 Å². The van der Waals surface area contributed by atoms with E-state index in [0.29, 0.717) is 11.6 Å². The van der Waals surface area contributed by atoms with E-state index in [0.717, 1.165) is 95.4 Å². The third-order valence-electron chi connectivity index (χ3n) is 10.1. The molecular weight excluding hydrogens is 912 g/mol. The normalized spacial score (nSPS) is 11.7. The molecule has 0 fully saturated rings. The van der Waals surface area contributed by atoms with Crippen LogP contribution < -0.4 is 30.2 Å². The summed E-state index contributed by atoms with van der Waals surface area (Å²) in [6.45, 7) is 12.1. The van der Waals surface area contributed by atoms with Crippen molar-refractivity contribution in [1.29, 1.82) is 0 Å². The molecule has 0 saturated heterocycles. The first-order valence-corrected chi connectivity index (χ1v) is 22.4. The molecule has 7 rings (SSSR count). The maximum atomic E-state index is 12.3. The molecule has 5 aromatic rings. The molecule has 1 heterocycles. The number of hydrogen-bond acceptors (Lipinski definition) is 13. The summed E-state index contributed by atoms with van der Waals surface area (Å²) < 4.78 is 75.7. The Morgan fingerprint density at radius 3 is 2.13 bits per heavy atom. The number of carbonyl (C=O) groups excluding carboxylic acids is 1. The summed E-state index contributed by atoms with van der Waals surface area (Å²) in [5.41, 5.74) is 3.50. The fraction of sp³-hybridized carbons (Fsp3) is 0.182. The molecule has 19 heteroatoms. The fourth-order valence-electron chi connectivity index (χ4n) is 7.09. The number of hydrogen-bond donors (Lipinski definition) is 1. The molecule has 0 bridgehead atoms. The molecule has 0 aromatic heterocycles. The van der Waals surface area contributed by atoms with E-state index in [9.17, 15) is 46.1 Å². The standard InChI is InChI=1S/C28H30N2O3.C16H11ClN2O8S2.Cr/c1-5-29(6-2)19-13-15-23-25(17-19)33-26-18-20(30(7-3)8-4)14-16-24(26)27(23)21-11-9-10-12-22(21)28(31)32;17-9-2-4-12(20)11(6-9)18-19-16-13(21)3-1-8-5-10(28(22,23)24)7-14(15(8)16)29(25,26)27;/h9-18H,5-8H2,1-4H3;1-7,20-21H,(H,22,23,24)(H,25,26,27);/q;;+3/p-3. The van der Waals surface area contributed by atoms with Crippen molar-refractivity contribution in [1.82, 2.24) is 4.58 Å². The second kappa shape index (κ2) is 19.7. The van der Waals surface area contributed by atoms with Crippen LogP contribution >= 0.6 is 11.6 Å². The van der Waals surface area contributed by atoms with Gasteiger partial charge in [0.1, 0.15) is 39.4 Å². The van der Waals surface area contributed by atoms with Crippen molar-refractivity contribution in [2.45, 2.75) is 37.5 Å². The first-order chi connectivity index (χ1) is 29.4. The molecule has 0 unspecified atom stereocenters. The third-order valence-corrected chi connectivity index (χ3v) is 12.0. The molecule has 1 radical (unpaired) electrons. The predicted molar refractivity (Wildman–Crippen MR) is 229 cm³/mol. The molecule has 5 aromatic carbocycles. The van der Waals surface area contributed by atoms with Crippen LogP contribution in [0.25, 0.3) is 44.2 Å². The van der Waals surface area contributed by atoms with Gasteiger partial charge in [0.05, 0.1) is 28.3 Å². The second-order valence-corrected chi connectivity index (χ2v) is 16.9. The molecule has 325 valence electrons. The predicted octanol–water partition coefficient (Wildman–Crippen LogP) is 6.43. The molecule has 2 aliphatic rings. The summed E-state index contributed by atoms with van der Waals surface area (Å²) in [6, 6.07) is 26.1. The van der Waals surface area contributed by atoms with Gasteiger partial charge in [0, 0.05) is 63.4 Å². The van der Waals surface area contributed by atoms with Gasteiger partial charge in [-0.15, -0.1) is 0 Å². The summed E-state index contributed by atoms with van der Waals surface area (Å²) in [6.07, 6.45) is 0. The molecule has 1 aliphatic carbocycles. The number of benzene rings is 6. The van der Waals surface area contributed by atoms with Gasteiger partial charge in [-0.05, 0) is 81.1 Å². The van der Waals surface area contributed by atoms with Gasteiger partial charge in [-0.3, -0.25) is 4.55 Å². The number of carboxylic acid groups (broad SMARTS) is 1. The van der Waals surface area contributed by atoms with Crippen LogP contribution in [0.1, 0.15) is 38.1 Å². The zero-order valence-electron chi connectivity index (χ0n) is 34.1. The Morgan fingerprint density at radius 1 is 0.810 bits per heavy atom. The van der Waals surface area contributed by atoms with Crippen molar-refractivity contribution in [3.05, 3.63) is 119 Å². The molecule has 63 heavy (non-hydrogen) atoms. The van der Waals surface area contributed by atoms with E-state index in [2.05, 4.69) is 71.7 Å². The van der Waals surface area contributed by atoms with Crippen LogP contribution in [0.4, 0.5) is 17.1 Å². The number of carbonyl (C=O) groups is 1. The number of carboxylic acids is 1. The van der Waals surface area contributed by atoms with Gasteiger partial charge in [0.25, 0.3) is 10.1 Å². The van der Waals surface area contributed by atoms with Crippen LogP contribution in [0.15, 0.2) is 128 Å². The molecular formula is C44H38ClCrN4O11S2. The maximum Gasteiger partial charge on any atom is 3.00 e. The Labute approximate surface area is 378 Å². The van der Waals surface area contributed by atoms with Crippen LogP contribution in [-0.2, 0) is 37.6 Å². The molecule has 0 spiro atoms. The van der Waals surface area contributed by atoms with Gasteiger partial charge in [0.2, 0.25) is 5.36 Å². The minimum atomic E-state index is -5.08. The van der Waals surface area contributed by atoms with Crippen molar-refractivity contribution >= 4 is 76.6 Å². The average molecular weight is 950 g/mol. The molecule has 0 amide bonds. The largest absolute Gasteiger partial charge is 3.00 e. The SMILES string of the molecule is CCN(CC)c1ccc2c(-c3ccccc3C(=O)[O-])c3ccc(=[N+](CC)CC)cc-3oc2c1.O=S(=O)([O-])c1cc(S(=O)(=O)O)c2c(N=Nc3cc(Cl)ccc3[O-])c([O-])ccc2c1.[Cr+3]. The minimum absolute atomic E-state index is 0. The first-order valence-electron chi connectivity index (χ1n) is 19.1. The number of rotatable bonds is 11. The number of aromatic carboxylic acids is 1. The summed E-state index contributed by atoms with van der Waals surface area (Å²) in [7, 11) is -10.2. The fourth-order valence-corrected chi connectivity index (χ4v) is 8.61. The zero-order valence-corrected chi connectivity index (χ0v) is 37.7. The summed E-state index contributed by atoms with van der Waals surface area (Å²) in [5, 5.41) is 44.7. The van der Waals surface area contributed by atoms with E-state index in [4.69, 9.17) is 16.0 Å². The van der Waals surface area contributed by atoms with Crippen molar-refractivity contribution in [3.63, 3.8) is 0 Å². The van der Waals surface area contributed by atoms with Crippen molar-refractivity contribution in [3.8, 4) is 33.9 Å². The number of nitrogens with zero attached hydrogens (tertiary/aromatic N) is 4. The summed E-state index contributed by atoms with van der Waals surface area (Å²) in [5.74, 6) is -1.88. The summed E-state index contributed by atoms with van der Waals surface area (Å²) in [4.78, 5) is 12.3. The monoisotopic (exact) mass is 949 g/mol. The average Bonchev–Trinajstić information content (AvgIpc) is 3.23. The van der Waals surface area contributed by atoms with Crippen LogP contribution in [-0.4, -0.2) is 58.1 Å². The Morgan fingerprint density at radius 2 is 1.49 bits per heavy atom.